The number of benzene rings is 1. The van der Waals surface area contributed by atoms with Crippen LogP contribution in [-0.2, 0) is 26.1 Å². The van der Waals surface area contributed by atoms with Gasteiger partial charge in [0.2, 0.25) is 0 Å². The molecule has 27 heavy (non-hydrogen) atoms. The topological polar surface area (TPSA) is 78.8 Å². The van der Waals surface area contributed by atoms with Crippen LogP contribution in [-0.4, -0.2) is 36.8 Å². The van der Waals surface area contributed by atoms with Crippen molar-refractivity contribution < 1.29 is 23.8 Å². The van der Waals surface area contributed by atoms with Crippen LogP contribution in [0.25, 0.3) is 10.9 Å². The third-order valence-electron chi connectivity index (χ3n) is 4.44. The van der Waals surface area contributed by atoms with Crippen LogP contribution in [0.5, 0.6) is 5.75 Å². The fourth-order valence-electron chi connectivity index (χ4n) is 2.84. The standard InChI is InChI=1S/C20H26N2O5/c1-7-26-19(23)11-16(20(24)27-8-2)21-15-10-17-14(9-18(15)25-6)12(3)13(4)22(17)5/h9-11,21H,7-8H2,1-6H3/b16-11-. The molecule has 0 saturated carbocycles. The van der Waals surface area contributed by atoms with Crippen LogP contribution in [0.4, 0.5) is 5.69 Å². The lowest BCUT2D eigenvalue weighted by atomic mass is 10.1. The lowest BCUT2D eigenvalue weighted by Crippen LogP contribution is -2.17. The molecular weight excluding hydrogens is 348 g/mol. The smallest absolute Gasteiger partial charge is 0.355 e. The number of fused-ring (bicyclic) bond motifs is 1. The number of esters is 2. The first kappa shape index (κ1) is 20.4. The van der Waals surface area contributed by atoms with Crippen molar-refractivity contribution in [3.05, 3.63) is 35.2 Å². The van der Waals surface area contributed by atoms with Crippen molar-refractivity contribution in [1.29, 1.82) is 0 Å². The molecule has 0 fully saturated rings. The predicted octanol–water partition coefficient (Wildman–Crippen LogP) is 3.23. The molecule has 0 bridgehead atoms. The van der Waals surface area contributed by atoms with Gasteiger partial charge >= 0.3 is 11.9 Å². The van der Waals surface area contributed by atoms with Gasteiger partial charge in [-0.3, -0.25) is 0 Å². The Morgan fingerprint density at radius 3 is 2.41 bits per heavy atom. The number of nitrogens with one attached hydrogen (secondary N) is 1. The number of rotatable bonds is 7. The van der Waals surface area contributed by atoms with E-state index in [2.05, 4.69) is 16.8 Å². The largest absolute Gasteiger partial charge is 0.495 e. The Bertz CT molecular complexity index is 896. The molecule has 0 aliphatic heterocycles. The van der Waals surface area contributed by atoms with E-state index in [1.54, 1.807) is 21.0 Å². The molecule has 1 aromatic carbocycles. The number of ether oxygens (including phenoxy) is 3. The Hall–Kier alpha value is -2.96. The van der Waals surface area contributed by atoms with Crippen molar-refractivity contribution >= 4 is 28.5 Å². The van der Waals surface area contributed by atoms with E-state index in [1.807, 2.05) is 26.1 Å². The number of methoxy groups -OCH3 is 1. The van der Waals surface area contributed by atoms with E-state index in [1.165, 1.54) is 0 Å². The predicted molar refractivity (Wildman–Crippen MR) is 104 cm³/mol. The maximum absolute atomic E-state index is 12.3. The molecule has 1 aromatic heterocycles. The Morgan fingerprint density at radius 2 is 1.81 bits per heavy atom. The number of hydrogen-bond acceptors (Lipinski definition) is 6. The van der Waals surface area contributed by atoms with Gasteiger partial charge in [0.1, 0.15) is 11.4 Å². The maximum atomic E-state index is 12.3. The van der Waals surface area contributed by atoms with Crippen LogP contribution >= 0.6 is 0 Å². The fraction of sp³-hybridized carbons (Fsp3) is 0.400. The Balaban J connectivity index is 2.53. The van der Waals surface area contributed by atoms with Crippen molar-refractivity contribution in [2.75, 3.05) is 25.6 Å². The Kier molecular flexibility index (Phi) is 6.50. The Morgan fingerprint density at radius 1 is 1.15 bits per heavy atom. The van der Waals surface area contributed by atoms with Gasteiger partial charge in [-0.05, 0) is 45.4 Å². The highest BCUT2D eigenvalue weighted by Gasteiger charge is 2.18. The van der Waals surface area contributed by atoms with E-state index in [4.69, 9.17) is 14.2 Å². The zero-order valence-corrected chi connectivity index (χ0v) is 16.6. The lowest BCUT2D eigenvalue weighted by Gasteiger charge is -2.14. The minimum atomic E-state index is -0.646. The second-order valence-corrected chi connectivity index (χ2v) is 5.99. The average Bonchev–Trinajstić information content (AvgIpc) is 2.84. The highest BCUT2D eigenvalue weighted by molar-refractivity contribution is 6.00. The Labute approximate surface area is 158 Å². The second kappa shape index (κ2) is 8.62. The van der Waals surface area contributed by atoms with Crippen molar-refractivity contribution in [1.82, 2.24) is 4.57 Å². The molecule has 7 heteroatoms. The first-order valence-corrected chi connectivity index (χ1v) is 8.80. The molecule has 146 valence electrons. The van der Waals surface area contributed by atoms with Gasteiger partial charge in [0, 0.05) is 18.1 Å². The minimum Gasteiger partial charge on any atom is -0.495 e. The van der Waals surface area contributed by atoms with Crippen molar-refractivity contribution in [3.63, 3.8) is 0 Å². The van der Waals surface area contributed by atoms with E-state index < -0.39 is 11.9 Å². The summed E-state index contributed by atoms with van der Waals surface area (Å²) in [6.45, 7) is 7.88. The monoisotopic (exact) mass is 374 g/mol. The average molecular weight is 374 g/mol. The van der Waals surface area contributed by atoms with Gasteiger partial charge in [-0.25, -0.2) is 9.59 Å². The van der Waals surface area contributed by atoms with Gasteiger partial charge in [-0.2, -0.15) is 0 Å². The van der Waals surface area contributed by atoms with Crippen LogP contribution in [0.3, 0.4) is 0 Å². The lowest BCUT2D eigenvalue weighted by molar-refractivity contribution is -0.140. The summed E-state index contributed by atoms with van der Waals surface area (Å²) in [4.78, 5) is 24.1. The highest BCUT2D eigenvalue weighted by atomic mass is 16.5. The molecule has 0 unspecified atom stereocenters. The maximum Gasteiger partial charge on any atom is 0.355 e. The molecule has 7 nitrogen and oxygen atoms in total. The van der Waals surface area contributed by atoms with E-state index in [-0.39, 0.29) is 18.9 Å². The van der Waals surface area contributed by atoms with Crippen molar-refractivity contribution in [3.8, 4) is 5.75 Å². The number of hydrogen-bond donors (Lipinski definition) is 1. The van der Waals surface area contributed by atoms with Crippen LogP contribution in [0.2, 0.25) is 0 Å². The van der Waals surface area contributed by atoms with E-state index in [9.17, 15) is 9.59 Å². The quantitative estimate of drug-likeness (QED) is 0.592. The molecule has 0 aliphatic carbocycles. The summed E-state index contributed by atoms with van der Waals surface area (Å²) in [6.07, 6.45) is 1.09. The van der Waals surface area contributed by atoms with Gasteiger partial charge in [-0.15, -0.1) is 0 Å². The molecule has 0 spiro atoms. The number of carbonyl (C=O) groups is 2. The summed E-state index contributed by atoms with van der Waals surface area (Å²) in [5.74, 6) is -0.721. The van der Waals surface area contributed by atoms with Gasteiger partial charge < -0.3 is 24.1 Å². The summed E-state index contributed by atoms with van der Waals surface area (Å²) in [5, 5.41) is 4.03. The highest BCUT2D eigenvalue weighted by Crippen LogP contribution is 2.35. The molecule has 0 atom stereocenters. The van der Waals surface area contributed by atoms with E-state index in [0.29, 0.717) is 11.4 Å². The van der Waals surface area contributed by atoms with Gasteiger partial charge in [0.15, 0.2) is 0 Å². The van der Waals surface area contributed by atoms with Crippen LogP contribution in [0.1, 0.15) is 25.1 Å². The number of nitrogens with zero attached hydrogens (tertiary/aromatic N) is 1. The molecule has 0 radical (unpaired) electrons. The van der Waals surface area contributed by atoms with E-state index >= 15 is 0 Å². The molecular formula is C20H26N2O5. The zero-order valence-electron chi connectivity index (χ0n) is 16.6. The summed E-state index contributed by atoms with van der Waals surface area (Å²) >= 11 is 0. The third-order valence-corrected chi connectivity index (χ3v) is 4.44. The first-order chi connectivity index (χ1) is 12.8. The molecule has 0 saturated heterocycles. The van der Waals surface area contributed by atoms with Crippen molar-refractivity contribution in [2.24, 2.45) is 7.05 Å². The number of aromatic nitrogens is 1. The summed E-state index contributed by atoms with van der Waals surface area (Å²) < 4.78 is 17.5. The van der Waals surface area contributed by atoms with Crippen LogP contribution in [0, 0.1) is 13.8 Å². The van der Waals surface area contributed by atoms with Gasteiger partial charge in [0.05, 0.1) is 37.6 Å². The molecule has 2 rings (SSSR count). The normalized spacial score (nSPS) is 11.4. The van der Waals surface area contributed by atoms with Gasteiger partial charge in [0.25, 0.3) is 0 Å². The van der Waals surface area contributed by atoms with Crippen LogP contribution in [0.15, 0.2) is 23.9 Å². The van der Waals surface area contributed by atoms with Gasteiger partial charge in [-0.1, -0.05) is 0 Å². The summed E-state index contributed by atoms with van der Waals surface area (Å²) in [7, 11) is 3.53. The molecule has 1 N–H and O–H groups in total. The number of aryl methyl sites for hydroxylation is 2. The fourth-order valence-corrected chi connectivity index (χ4v) is 2.84. The summed E-state index contributed by atoms with van der Waals surface area (Å²) in [6, 6.07) is 3.79. The molecule has 1 heterocycles. The van der Waals surface area contributed by atoms with Crippen molar-refractivity contribution in [2.45, 2.75) is 27.7 Å². The van der Waals surface area contributed by atoms with E-state index in [0.717, 1.165) is 28.2 Å². The van der Waals surface area contributed by atoms with Crippen LogP contribution < -0.4 is 10.1 Å². The number of carbonyl (C=O) groups excluding carboxylic acids is 2. The second-order valence-electron chi connectivity index (χ2n) is 5.99. The first-order valence-electron chi connectivity index (χ1n) is 8.80. The minimum absolute atomic E-state index is 0.0180. The number of anilines is 1. The summed E-state index contributed by atoms with van der Waals surface area (Å²) in [5.41, 5.74) is 3.80. The third kappa shape index (κ3) is 4.24. The molecule has 0 aliphatic rings. The molecule has 2 aromatic rings. The molecule has 0 amide bonds. The SMILES string of the molecule is CCOC(=O)/C=C(\Nc1cc2c(cc1OC)c(C)c(C)n2C)C(=O)OCC. The zero-order chi connectivity index (χ0) is 20.1.